The van der Waals surface area contributed by atoms with Crippen LogP contribution in [-0.4, -0.2) is 28.6 Å². The molecule has 1 aromatic carbocycles. The van der Waals surface area contributed by atoms with Crippen LogP contribution >= 0.6 is 0 Å². The normalized spacial score (nSPS) is 11.9. The van der Waals surface area contributed by atoms with Gasteiger partial charge < -0.3 is 10.4 Å². The zero-order valence-electron chi connectivity index (χ0n) is 10.3. The van der Waals surface area contributed by atoms with Crippen molar-refractivity contribution in [2.24, 2.45) is 0 Å². The monoisotopic (exact) mass is 252 g/mol. The maximum Gasteiger partial charge on any atom is 0.273 e. The Bertz CT molecular complexity index is 459. The van der Waals surface area contributed by atoms with Gasteiger partial charge in [0.05, 0.1) is 4.92 Å². The van der Waals surface area contributed by atoms with E-state index < -0.39 is 4.92 Å². The Balaban J connectivity index is 2.93. The van der Waals surface area contributed by atoms with Gasteiger partial charge in [0.1, 0.15) is 0 Å². The molecule has 0 aliphatic heterocycles. The lowest BCUT2D eigenvalue weighted by Gasteiger charge is -2.13. The lowest BCUT2D eigenvalue weighted by molar-refractivity contribution is -0.385. The molecule has 0 saturated carbocycles. The van der Waals surface area contributed by atoms with E-state index in [1.807, 2.05) is 0 Å². The summed E-state index contributed by atoms with van der Waals surface area (Å²) in [6.45, 7) is 3.29. The van der Waals surface area contributed by atoms with Crippen LogP contribution in [0.2, 0.25) is 0 Å². The minimum absolute atomic E-state index is 0.0185. The molecule has 6 heteroatoms. The molecule has 1 aromatic rings. The van der Waals surface area contributed by atoms with Crippen molar-refractivity contribution in [1.29, 1.82) is 0 Å². The number of carbonyl (C=O) groups excluding carboxylic acids is 1. The van der Waals surface area contributed by atoms with Gasteiger partial charge in [0, 0.05) is 29.8 Å². The Hall–Kier alpha value is -1.95. The number of carbonyl (C=O) groups is 1. The van der Waals surface area contributed by atoms with Crippen molar-refractivity contribution in [3.63, 3.8) is 0 Å². The van der Waals surface area contributed by atoms with E-state index in [1.165, 1.54) is 12.1 Å². The Labute approximate surface area is 105 Å². The standard InChI is InChI=1S/C12H16N2O4/c1-8(6-7-15)13-12(16)10-4-3-5-11(9(10)2)14(17)18/h3-5,8,15H,6-7H2,1-2H3,(H,13,16). The van der Waals surface area contributed by atoms with E-state index in [1.54, 1.807) is 19.9 Å². The summed E-state index contributed by atoms with van der Waals surface area (Å²) in [6.07, 6.45) is 0.444. The van der Waals surface area contributed by atoms with Crippen molar-refractivity contribution in [3.05, 3.63) is 39.4 Å². The summed E-state index contributed by atoms with van der Waals surface area (Å²) >= 11 is 0. The number of hydrogen-bond donors (Lipinski definition) is 2. The molecule has 0 bridgehead atoms. The van der Waals surface area contributed by atoms with Crippen LogP contribution in [0.1, 0.15) is 29.3 Å². The van der Waals surface area contributed by atoms with E-state index in [9.17, 15) is 14.9 Å². The number of hydrogen-bond acceptors (Lipinski definition) is 4. The summed E-state index contributed by atoms with van der Waals surface area (Å²) in [4.78, 5) is 22.2. The summed E-state index contributed by atoms with van der Waals surface area (Å²) < 4.78 is 0. The van der Waals surface area contributed by atoms with Crippen LogP contribution in [0, 0.1) is 17.0 Å². The van der Waals surface area contributed by atoms with Crippen molar-refractivity contribution in [1.82, 2.24) is 5.32 Å². The second-order valence-electron chi connectivity index (χ2n) is 4.09. The van der Waals surface area contributed by atoms with E-state index in [2.05, 4.69) is 5.32 Å². The van der Waals surface area contributed by atoms with Crippen LogP contribution in [0.25, 0.3) is 0 Å². The van der Waals surface area contributed by atoms with Gasteiger partial charge in [-0.2, -0.15) is 0 Å². The maximum absolute atomic E-state index is 11.9. The van der Waals surface area contributed by atoms with Crippen molar-refractivity contribution in [2.75, 3.05) is 6.61 Å². The Morgan fingerprint density at radius 3 is 2.78 bits per heavy atom. The van der Waals surface area contributed by atoms with Gasteiger partial charge in [-0.3, -0.25) is 14.9 Å². The molecule has 0 heterocycles. The van der Waals surface area contributed by atoms with Crippen LogP contribution in [0.3, 0.4) is 0 Å². The highest BCUT2D eigenvalue weighted by molar-refractivity contribution is 5.96. The fourth-order valence-corrected chi connectivity index (χ4v) is 1.63. The third kappa shape index (κ3) is 3.27. The smallest absolute Gasteiger partial charge is 0.273 e. The van der Waals surface area contributed by atoms with Crippen molar-refractivity contribution in [2.45, 2.75) is 26.3 Å². The number of aliphatic hydroxyl groups excluding tert-OH is 1. The predicted molar refractivity (Wildman–Crippen MR) is 66.5 cm³/mol. The molecule has 0 aliphatic carbocycles. The summed E-state index contributed by atoms with van der Waals surface area (Å²) in [5, 5.41) is 22.2. The maximum atomic E-state index is 11.9. The summed E-state index contributed by atoms with van der Waals surface area (Å²) in [5.41, 5.74) is 0.558. The molecule has 0 fully saturated rings. The van der Waals surface area contributed by atoms with E-state index in [-0.39, 0.29) is 29.8 Å². The van der Waals surface area contributed by atoms with Crippen molar-refractivity contribution < 1.29 is 14.8 Å². The van der Waals surface area contributed by atoms with E-state index in [4.69, 9.17) is 5.11 Å². The Morgan fingerprint density at radius 2 is 2.22 bits per heavy atom. The Kier molecular flexibility index (Phi) is 4.79. The first-order valence-corrected chi connectivity index (χ1v) is 5.63. The van der Waals surface area contributed by atoms with Gasteiger partial charge in [0.25, 0.3) is 11.6 Å². The zero-order valence-corrected chi connectivity index (χ0v) is 10.3. The molecule has 0 saturated heterocycles. The SMILES string of the molecule is Cc1c(C(=O)NC(C)CCO)cccc1[N+](=O)[O-]. The molecule has 1 atom stereocenters. The highest BCUT2D eigenvalue weighted by Gasteiger charge is 2.18. The lowest BCUT2D eigenvalue weighted by Crippen LogP contribution is -2.33. The van der Waals surface area contributed by atoms with E-state index >= 15 is 0 Å². The number of aliphatic hydroxyl groups is 1. The number of nitrogens with zero attached hydrogens (tertiary/aromatic N) is 1. The number of nitro benzene ring substituents is 1. The average molecular weight is 252 g/mol. The van der Waals surface area contributed by atoms with Gasteiger partial charge in [-0.15, -0.1) is 0 Å². The van der Waals surface area contributed by atoms with Crippen molar-refractivity contribution in [3.8, 4) is 0 Å². The highest BCUT2D eigenvalue weighted by atomic mass is 16.6. The minimum atomic E-state index is -0.511. The number of rotatable bonds is 5. The second-order valence-corrected chi connectivity index (χ2v) is 4.09. The topological polar surface area (TPSA) is 92.5 Å². The van der Waals surface area contributed by atoms with Gasteiger partial charge >= 0.3 is 0 Å². The van der Waals surface area contributed by atoms with E-state index in [0.717, 1.165) is 0 Å². The van der Waals surface area contributed by atoms with Gasteiger partial charge in [-0.25, -0.2) is 0 Å². The summed E-state index contributed by atoms with van der Waals surface area (Å²) in [7, 11) is 0. The molecule has 1 amide bonds. The van der Waals surface area contributed by atoms with Crippen LogP contribution in [0.15, 0.2) is 18.2 Å². The third-order valence-electron chi connectivity index (χ3n) is 2.69. The second kappa shape index (κ2) is 6.11. The largest absolute Gasteiger partial charge is 0.396 e. The lowest BCUT2D eigenvalue weighted by atomic mass is 10.1. The first-order valence-electron chi connectivity index (χ1n) is 5.63. The minimum Gasteiger partial charge on any atom is -0.396 e. The van der Waals surface area contributed by atoms with Crippen molar-refractivity contribution >= 4 is 11.6 Å². The molecule has 18 heavy (non-hydrogen) atoms. The summed E-state index contributed by atoms with van der Waals surface area (Å²) in [5.74, 6) is -0.364. The first kappa shape index (κ1) is 14.1. The molecule has 0 aromatic heterocycles. The molecule has 2 N–H and O–H groups in total. The van der Waals surface area contributed by atoms with Crippen LogP contribution in [0.4, 0.5) is 5.69 Å². The molecule has 6 nitrogen and oxygen atoms in total. The van der Waals surface area contributed by atoms with E-state index in [0.29, 0.717) is 12.0 Å². The van der Waals surface area contributed by atoms with Crippen LogP contribution in [0.5, 0.6) is 0 Å². The molecular weight excluding hydrogens is 236 g/mol. The first-order chi connectivity index (χ1) is 8.47. The average Bonchev–Trinajstić information content (AvgIpc) is 2.28. The predicted octanol–water partition coefficient (Wildman–Crippen LogP) is 1.40. The third-order valence-corrected chi connectivity index (χ3v) is 2.69. The number of amides is 1. The Morgan fingerprint density at radius 1 is 1.56 bits per heavy atom. The van der Waals surface area contributed by atoms with Crippen LogP contribution < -0.4 is 5.32 Å². The fourth-order valence-electron chi connectivity index (χ4n) is 1.63. The molecule has 98 valence electrons. The number of nitrogens with one attached hydrogen (secondary N) is 1. The summed E-state index contributed by atoms with van der Waals surface area (Å²) in [6, 6.07) is 4.21. The van der Waals surface area contributed by atoms with Gasteiger partial charge in [-0.1, -0.05) is 6.07 Å². The number of benzene rings is 1. The van der Waals surface area contributed by atoms with Gasteiger partial charge in [0.2, 0.25) is 0 Å². The van der Waals surface area contributed by atoms with Gasteiger partial charge in [-0.05, 0) is 26.3 Å². The molecule has 0 spiro atoms. The molecular formula is C12H16N2O4. The molecule has 0 radical (unpaired) electrons. The molecule has 1 rings (SSSR count). The van der Waals surface area contributed by atoms with Crippen LogP contribution in [-0.2, 0) is 0 Å². The molecule has 0 aliphatic rings. The zero-order chi connectivity index (χ0) is 13.7. The molecule has 1 unspecified atom stereocenters. The fraction of sp³-hybridized carbons (Fsp3) is 0.417. The quantitative estimate of drug-likeness (QED) is 0.612. The highest BCUT2D eigenvalue weighted by Crippen LogP contribution is 2.21. The van der Waals surface area contributed by atoms with Gasteiger partial charge in [0.15, 0.2) is 0 Å². The number of nitro groups is 1.